The van der Waals surface area contributed by atoms with Gasteiger partial charge in [0.05, 0.1) is 30.5 Å². The number of imidazole rings is 1. The van der Waals surface area contributed by atoms with Crippen LogP contribution in [-0.4, -0.2) is 35.6 Å². The van der Waals surface area contributed by atoms with E-state index in [-0.39, 0.29) is 5.69 Å². The normalized spacial score (nSPS) is 10.8. The quantitative estimate of drug-likeness (QED) is 0.846. The smallest absolute Gasteiger partial charge is 0.358 e. The highest BCUT2D eigenvalue weighted by atomic mass is 16.4. The van der Waals surface area contributed by atoms with Crippen molar-refractivity contribution in [1.29, 1.82) is 0 Å². The molecule has 102 valence electrons. The molecule has 0 fully saturated rings. The first-order valence-electron chi connectivity index (χ1n) is 6.32. The molecule has 2 aromatic heterocycles. The van der Waals surface area contributed by atoms with Crippen LogP contribution in [0, 0.1) is 0 Å². The second-order valence-electron chi connectivity index (χ2n) is 4.28. The van der Waals surface area contributed by atoms with Gasteiger partial charge in [-0.15, -0.1) is 5.10 Å². The molecule has 2 rings (SSSR count). The number of aryl methyl sites for hydroxylation is 1. The Bertz CT molecular complexity index is 572. The van der Waals surface area contributed by atoms with Crippen molar-refractivity contribution in [3.63, 3.8) is 0 Å². The fourth-order valence-electron chi connectivity index (χ4n) is 2.05. The van der Waals surface area contributed by atoms with Crippen LogP contribution in [0.25, 0.3) is 0 Å². The number of aromatic carboxylic acids is 1. The van der Waals surface area contributed by atoms with Gasteiger partial charge in [-0.1, -0.05) is 19.1 Å². The zero-order chi connectivity index (χ0) is 13.8. The van der Waals surface area contributed by atoms with E-state index in [2.05, 4.69) is 22.2 Å². The van der Waals surface area contributed by atoms with Crippen molar-refractivity contribution in [2.45, 2.75) is 39.8 Å². The topological polar surface area (TPSA) is 85.8 Å². The molecule has 2 aromatic rings. The SMILES string of the molecule is CCCn1cncc1Cn1nnc(C(=O)O)c1CC. The number of hydrogen-bond donors (Lipinski definition) is 1. The summed E-state index contributed by atoms with van der Waals surface area (Å²) >= 11 is 0. The molecule has 0 bridgehead atoms. The fraction of sp³-hybridized carbons (Fsp3) is 0.500. The average Bonchev–Trinajstić information content (AvgIpc) is 2.97. The van der Waals surface area contributed by atoms with Crippen LogP contribution >= 0.6 is 0 Å². The maximum absolute atomic E-state index is 11.0. The highest BCUT2D eigenvalue weighted by Crippen LogP contribution is 2.10. The van der Waals surface area contributed by atoms with E-state index >= 15 is 0 Å². The van der Waals surface area contributed by atoms with Crippen molar-refractivity contribution in [2.24, 2.45) is 0 Å². The van der Waals surface area contributed by atoms with E-state index in [1.54, 1.807) is 17.2 Å². The summed E-state index contributed by atoms with van der Waals surface area (Å²) in [4.78, 5) is 15.2. The second kappa shape index (κ2) is 5.64. The molecule has 0 atom stereocenters. The molecule has 1 N–H and O–H groups in total. The van der Waals surface area contributed by atoms with Crippen molar-refractivity contribution in [2.75, 3.05) is 0 Å². The minimum atomic E-state index is -1.04. The minimum absolute atomic E-state index is 0.0315. The van der Waals surface area contributed by atoms with Crippen LogP contribution in [-0.2, 0) is 19.5 Å². The molecule has 0 unspecified atom stereocenters. The first-order valence-corrected chi connectivity index (χ1v) is 6.32. The first-order chi connectivity index (χ1) is 9.17. The summed E-state index contributed by atoms with van der Waals surface area (Å²) < 4.78 is 3.67. The van der Waals surface area contributed by atoms with Crippen molar-refractivity contribution in [3.05, 3.63) is 29.6 Å². The van der Waals surface area contributed by atoms with Crippen molar-refractivity contribution in [1.82, 2.24) is 24.5 Å². The van der Waals surface area contributed by atoms with Gasteiger partial charge in [-0.25, -0.2) is 14.5 Å². The van der Waals surface area contributed by atoms with Crippen LogP contribution in [0.4, 0.5) is 0 Å². The summed E-state index contributed by atoms with van der Waals surface area (Å²) in [5, 5.41) is 16.7. The third kappa shape index (κ3) is 2.64. The molecule has 7 heteroatoms. The van der Waals surface area contributed by atoms with Gasteiger partial charge in [0.25, 0.3) is 0 Å². The summed E-state index contributed by atoms with van der Waals surface area (Å²) in [7, 11) is 0. The fourth-order valence-corrected chi connectivity index (χ4v) is 2.05. The molecule has 0 saturated heterocycles. The maximum Gasteiger partial charge on any atom is 0.358 e. The Morgan fingerprint density at radius 1 is 1.42 bits per heavy atom. The Morgan fingerprint density at radius 3 is 2.84 bits per heavy atom. The molecule has 0 spiro atoms. The van der Waals surface area contributed by atoms with E-state index in [0.29, 0.717) is 18.7 Å². The molecule has 0 aromatic carbocycles. The molecule has 2 heterocycles. The molecule has 7 nitrogen and oxygen atoms in total. The molecule has 0 aliphatic heterocycles. The molecule has 0 radical (unpaired) electrons. The lowest BCUT2D eigenvalue weighted by Gasteiger charge is -2.08. The number of aromatic nitrogens is 5. The van der Waals surface area contributed by atoms with Gasteiger partial charge in [0, 0.05) is 6.54 Å². The zero-order valence-corrected chi connectivity index (χ0v) is 11.1. The monoisotopic (exact) mass is 263 g/mol. The zero-order valence-electron chi connectivity index (χ0n) is 11.1. The molecule has 0 aliphatic rings. The molecule has 19 heavy (non-hydrogen) atoms. The predicted octanol–water partition coefficient (Wildman–Crippen LogP) is 1.19. The Labute approximate surface area is 110 Å². The Morgan fingerprint density at radius 2 is 2.21 bits per heavy atom. The molecular formula is C12H17N5O2. The van der Waals surface area contributed by atoms with Gasteiger partial charge < -0.3 is 9.67 Å². The van der Waals surface area contributed by atoms with E-state index in [0.717, 1.165) is 18.7 Å². The van der Waals surface area contributed by atoms with Gasteiger partial charge in [-0.05, 0) is 12.8 Å². The lowest BCUT2D eigenvalue weighted by molar-refractivity contribution is 0.0689. The summed E-state index contributed by atoms with van der Waals surface area (Å²) in [6, 6.07) is 0. The highest BCUT2D eigenvalue weighted by Gasteiger charge is 2.18. The number of carboxylic acid groups (broad SMARTS) is 1. The van der Waals surface area contributed by atoms with Crippen LogP contribution in [0.5, 0.6) is 0 Å². The van der Waals surface area contributed by atoms with Crippen LogP contribution in [0.2, 0.25) is 0 Å². The number of carbonyl (C=O) groups is 1. The van der Waals surface area contributed by atoms with Crippen molar-refractivity contribution >= 4 is 5.97 Å². The molecular weight excluding hydrogens is 246 g/mol. The van der Waals surface area contributed by atoms with Crippen molar-refractivity contribution in [3.8, 4) is 0 Å². The van der Waals surface area contributed by atoms with E-state index in [1.165, 1.54) is 0 Å². The van der Waals surface area contributed by atoms with Gasteiger partial charge in [0.15, 0.2) is 5.69 Å². The van der Waals surface area contributed by atoms with E-state index < -0.39 is 5.97 Å². The molecule has 0 saturated carbocycles. The lowest BCUT2D eigenvalue weighted by Crippen LogP contribution is -2.11. The number of rotatable bonds is 6. The third-order valence-electron chi connectivity index (χ3n) is 2.95. The summed E-state index contributed by atoms with van der Waals surface area (Å²) in [5.41, 5.74) is 1.67. The van der Waals surface area contributed by atoms with Crippen LogP contribution in [0.3, 0.4) is 0 Å². The Hall–Kier alpha value is -2.18. The maximum atomic E-state index is 11.0. The van der Waals surface area contributed by atoms with Gasteiger partial charge in [-0.3, -0.25) is 0 Å². The van der Waals surface area contributed by atoms with Crippen LogP contribution < -0.4 is 0 Å². The van der Waals surface area contributed by atoms with Gasteiger partial charge >= 0.3 is 5.97 Å². The molecule has 0 aliphatic carbocycles. The molecule has 0 amide bonds. The Kier molecular flexibility index (Phi) is 3.94. The van der Waals surface area contributed by atoms with Crippen LogP contribution in [0.1, 0.15) is 42.1 Å². The Balaban J connectivity index is 2.28. The van der Waals surface area contributed by atoms with Gasteiger partial charge in [0.2, 0.25) is 0 Å². The average molecular weight is 263 g/mol. The van der Waals surface area contributed by atoms with Gasteiger partial charge in [0.1, 0.15) is 0 Å². The lowest BCUT2D eigenvalue weighted by atomic mass is 10.2. The summed E-state index contributed by atoms with van der Waals surface area (Å²) in [6.45, 7) is 5.37. The first kappa shape index (κ1) is 13.3. The standard InChI is InChI=1S/C12H17N5O2/c1-3-5-16-8-13-6-9(16)7-17-10(4-2)11(12(18)19)14-15-17/h6,8H,3-5,7H2,1-2H3,(H,18,19). The summed E-state index contributed by atoms with van der Waals surface area (Å²) in [6.07, 6.45) is 5.15. The van der Waals surface area contributed by atoms with Gasteiger partial charge in [-0.2, -0.15) is 0 Å². The predicted molar refractivity (Wildman–Crippen MR) is 68.0 cm³/mol. The second-order valence-corrected chi connectivity index (χ2v) is 4.28. The number of hydrogen-bond acceptors (Lipinski definition) is 4. The third-order valence-corrected chi connectivity index (χ3v) is 2.95. The highest BCUT2D eigenvalue weighted by molar-refractivity contribution is 5.86. The number of nitrogens with zero attached hydrogens (tertiary/aromatic N) is 5. The van der Waals surface area contributed by atoms with E-state index in [9.17, 15) is 4.79 Å². The van der Waals surface area contributed by atoms with E-state index in [1.807, 2.05) is 11.5 Å². The van der Waals surface area contributed by atoms with Crippen molar-refractivity contribution < 1.29 is 9.90 Å². The number of carboxylic acids is 1. The van der Waals surface area contributed by atoms with Crippen LogP contribution in [0.15, 0.2) is 12.5 Å². The minimum Gasteiger partial charge on any atom is -0.476 e. The largest absolute Gasteiger partial charge is 0.476 e. The van der Waals surface area contributed by atoms with E-state index in [4.69, 9.17) is 5.11 Å². The summed E-state index contributed by atoms with van der Waals surface area (Å²) in [5.74, 6) is -1.04.